The van der Waals surface area contributed by atoms with E-state index < -0.39 is 0 Å². The maximum absolute atomic E-state index is 9.59. The molecule has 0 spiro atoms. The van der Waals surface area contributed by atoms with Crippen LogP contribution in [0.15, 0.2) is 18.2 Å². The molecule has 0 saturated carbocycles. The number of phenolic OH excluding ortho intramolecular Hbond substituents is 2. The first-order valence-electron chi connectivity index (χ1n) is 5.39. The molecule has 1 rings (SSSR count). The van der Waals surface area contributed by atoms with Gasteiger partial charge in [0.15, 0.2) is 11.5 Å². The third kappa shape index (κ3) is 5.07. The van der Waals surface area contributed by atoms with Crippen molar-refractivity contribution in [2.24, 2.45) is 0 Å². The number of halogens is 2. The SMILES string of the molecule is Oc1cccc(CCCCCC(I)I)c1O. The van der Waals surface area contributed by atoms with Crippen LogP contribution in [0.3, 0.4) is 0 Å². The molecule has 0 aliphatic rings. The molecule has 16 heavy (non-hydrogen) atoms. The van der Waals surface area contributed by atoms with Crippen LogP contribution in [-0.4, -0.2) is 12.1 Å². The van der Waals surface area contributed by atoms with Gasteiger partial charge in [-0.25, -0.2) is 0 Å². The molecule has 0 aliphatic heterocycles. The van der Waals surface area contributed by atoms with Gasteiger partial charge in [0.25, 0.3) is 0 Å². The van der Waals surface area contributed by atoms with E-state index in [1.807, 2.05) is 6.07 Å². The zero-order chi connectivity index (χ0) is 12.0. The summed E-state index contributed by atoms with van der Waals surface area (Å²) in [5.74, 6) is 0.0280. The van der Waals surface area contributed by atoms with Crippen molar-refractivity contribution in [3.05, 3.63) is 23.8 Å². The molecule has 1 aromatic carbocycles. The smallest absolute Gasteiger partial charge is 0.160 e. The van der Waals surface area contributed by atoms with Crippen molar-refractivity contribution < 1.29 is 10.2 Å². The molecule has 0 bridgehead atoms. The van der Waals surface area contributed by atoms with Gasteiger partial charge in [-0.15, -0.1) is 0 Å². The van der Waals surface area contributed by atoms with Crippen molar-refractivity contribution >= 4 is 45.2 Å². The highest BCUT2D eigenvalue weighted by atomic mass is 127. The number of aromatic hydroxyl groups is 2. The Morgan fingerprint density at radius 2 is 1.81 bits per heavy atom. The Bertz CT molecular complexity index is 327. The number of aryl methyl sites for hydroxylation is 1. The molecule has 0 aliphatic carbocycles. The lowest BCUT2D eigenvalue weighted by atomic mass is 10.1. The van der Waals surface area contributed by atoms with Crippen LogP contribution < -0.4 is 0 Å². The van der Waals surface area contributed by atoms with E-state index in [1.165, 1.54) is 25.3 Å². The van der Waals surface area contributed by atoms with Crippen LogP contribution in [0, 0.1) is 0 Å². The lowest BCUT2D eigenvalue weighted by Gasteiger charge is -2.06. The molecular weight excluding hydrogens is 430 g/mol. The summed E-state index contributed by atoms with van der Waals surface area (Å²) < 4.78 is 0.712. The average molecular weight is 446 g/mol. The highest BCUT2D eigenvalue weighted by molar-refractivity contribution is 14.2. The number of rotatable bonds is 6. The van der Waals surface area contributed by atoms with Gasteiger partial charge in [-0.1, -0.05) is 70.2 Å². The number of para-hydroxylation sites is 1. The summed E-state index contributed by atoms with van der Waals surface area (Å²) >= 11 is 4.86. The standard InChI is InChI=1S/C12H16I2O2/c13-11(14)8-3-1-2-5-9-6-4-7-10(15)12(9)16/h4,6-7,11,15-16H,1-3,5,8H2. The van der Waals surface area contributed by atoms with E-state index in [4.69, 9.17) is 0 Å². The van der Waals surface area contributed by atoms with E-state index in [9.17, 15) is 10.2 Å². The Morgan fingerprint density at radius 1 is 1.06 bits per heavy atom. The molecule has 0 amide bonds. The molecule has 4 heteroatoms. The first kappa shape index (κ1) is 14.3. The second-order valence-electron chi connectivity index (χ2n) is 3.78. The molecule has 0 atom stereocenters. The van der Waals surface area contributed by atoms with Gasteiger partial charge in [0.1, 0.15) is 0 Å². The highest BCUT2D eigenvalue weighted by Crippen LogP contribution is 2.29. The van der Waals surface area contributed by atoms with Gasteiger partial charge in [0, 0.05) is 0 Å². The van der Waals surface area contributed by atoms with Gasteiger partial charge in [0.05, 0.1) is 1.93 Å². The van der Waals surface area contributed by atoms with Crippen LogP contribution in [0.2, 0.25) is 0 Å². The van der Waals surface area contributed by atoms with E-state index in [0.29, 0.717) is 1.93 Å². The normalized spacial score (nSPS) is 10.9. The molecule has 1 aromatic rings. The minimum atomic E-state index is -0.0166. The fourth-order valence-corrected chi connectivity index (χ4v) is 2.45. The quantitative estimate of drug-likeness (QED) is 0.295. The predicted molar refractivity (Wildman–Crippen MR) is 83.8 cm³/mol. The lowest BCUT2D eigenvalue weighted by molar-refractivity contribution is 0.398. The predicted octanol–water partition coefficient (Wildman–Crippen LogP) is 4.40. The van der Waals surface area contributed by atoms with Crippen molar-refractivity contribution in [2.75, 3.05) is 0 Å². The van der Waals surface area contributed by atoms with Crippen molar-refractivity contribution in [1.82, 2.24) is 0 Å². The third-order valence-electron chi connectivity index (χ3n) is 2.47. The largest absolute Gasteiger partial charge is 0.504 e. The zero-order valence-corrected chi connectivity index (χ0v) is 13.3. The minimum absolute atomic E-state index is 0.0166. The number of alkyl halides is 2. The monoisotopic (exact) mass is 446 g/mol. The lowest BCUT2D eigenvalue weighted by Crippen LogP contribution is -1.89. The fourth-order valence-electron chi connectivity index (χ4n) is 1.57. The van der Waals surface area contributed by atoms with E-state index >= 15 is 0 Å². The Kier molecular flexibility index (Phi) is 6.79. The van der Waals surface area contributed by atoms with Gasteiger partial charge in [0.2, 0.25) is 0 Å². The molecule has 2 nitrogen and oxygen atoms in total. The van der Waals surface area contributed by atoms with Gasteiger partial charge in [-0.3, -0.25) is 0 Å². The third-order valence-corrected chi connectivity index (χ3v) is 3.71. The Balaban J connectivity index is 2.29. The van der Waals surface area contributed by atoms with E-state index in [-0.39, 0.29) is 11.5 Å². The van der Waals surface area contributed by atoms with Crippen molar-refractivity contribution in [2.45, 2.75) is 34.0 Å². The van der Waals surface area contributed by atoms with E-state index in [2.05, 4.69) is 45.2 Å². The van der Waals surface area contributed by atoms with Crippen LogP contribution in [0.5, 0.6) is 11.5 Å². The van der Waals surface area contributed by atoms with Crippen LogP contribution in [0.1, 0.15) is 31.2 Å². The van der Waals surface area contributed by atoms with Crippen molar-refractivity contribution in [3.8, 4) is 11.5 Å². The molecule has 0 fully saturated rings. The molecule has 0 aromatic heterocycles. The number of hydrogen-bond acceptors (Lipinski definition) is 2. The fraction of sp³-hybridized carbons (Fsp3) is 0.500. The number of hydrogen-bond donors (Lipinski definition) is 2. The van der Waals surface area contributed by atoms with Gasteiger partial charge in [-0.2, -0.15) is 0 Å². The van der Waals surface area contributed by atoms with Crippen LogP contribution in [-0.2, 0) is 6.42 Å². The molecule has 0 heterocycles. The molecule has 90 valence electrons. The summed E-state index contributed by atoms with van der Waals surface area (Å²) in [6.45, 7) is 0. The summed E-state index contributed by atoms with van der Waals surface area (Å²) in [5.41, 5.74) is 0.848. The Hall–Kier alpha value is 0.280. The van der Waals surface area contributed by atoms with Crippen molar-refractivity contribution in [1.29, 1.82) is 0 Å². The summed E-state index contributed by atoms with van der Waals surface area (Å²) in [6, 6.07) is 5.15. The van der Waals surface area contributed by atoms with Crippen LogP contribution >= 0.6 is 45.2 Å². The maximum Gasteiger partial charge on any atom is 0.160 e. The average Bonchev–Trinajstić information content (AvgIpc) is 2.23. The first-order chi connectivity index (χ1) is 7.61. The minimum Gasteiger partial charge on any atom is -0.504 e. The summed E-state index contributed by atoms with van der Waals surface area (Å²) in [6.07, 6.45) is 5.56. The maximum atomic E-state index is 9.59. The Labute approximate surface area is 124 Å². The van der Waals surface area contributed by atoms with Gasteiger partial charge >= 0.3 is 0 Å². The second kappa shape index (κ2) is 7.58. The number of phenols is 2. The topological polar surface area (TPSA) is 40.5 Å². The van der Waals surface area contributed by atoms with Gasteiger partial charge < -0.3 is 10.2 Å². The summed E-state index contributed by atoms with van der Waals surface area (Å²) in [7, 11) is 0. The molecule has 0 unspecified atom stereocenters. The molecule has 0 saturated heterocycles. The molecule has 2 N–H and O–H groups in total. The first-order valence-corrected chi connectivity index (χ1v) is 7.88. The Morgan fingerprint density at radius 3 is 2.50 bits per heavy atom. The van der Waals surface area contributed by atoms with Crippen molar-refractivity contribution in [3.63, 3.8) is 0 Å². The molecular formula is C12H16I2O2. The van der Waals surface area contributed by atoms with Gasteiger partial charge in [-0.05, 0) is 30.9 Å². The van der Waals surface area contributed by atoms with Crippen LogP contribution in [0.4, 0.5) is 0 Å². The highest BCUT2D eigenvalue weighted by Gasteiger charge is 2.05. The zero-order valence-electron chi connectivity index (χ0n) is 9.00. The second-order valence-corrected chi connectivity index (χ2v) is 9.17. The van der Waals surface area contributed by atoms with E-state index in [1.54, 1.807) is 6.07 Å². The molecule has 0 radical (unpaired) electrons. The number of unbranched alkanes of at least 4 members (excludes halogenated alkanes) is 2. The van der Waals surface area contributed by atoms with E-state index in [0.717, 1.165) is 18.4 Å². The number of benzene rings is 1. The summed E-state index contributed by atoms with van der Waals surface area (Å²) in [5, 5.41) is 18.9. The van der Waals surface area contributed by atoms with Crippen LogP contribution in [0.25, 0.3) is 0 Å². The summed E-state index contributed by atoms with van der Waals surface area (Å²) in [4.78, 5) is 0.